The Balaban J connectivity index is 3.71. The molecule has 1 aliphatic heterocycles. The Morgan fingerprint density at radius 1 is 0.400 bits per heavy atom. The summed E-state index contributed by atoms with van der Waals surface area (Å²) in [5, 5.41) is 0. The van der Waals surface area contributed by atoms with Gasteiger partial charge in [-0.05, 0) is 33.2 Å². The first-order valence-electron chi connectivity index (χ1n) is 11.6. The van der Waals surface area contributed by atoms with Gasteiger partial charge in [0.15, 0.2) is 0 Å². The zero-order chi connectivity index (χ0) is 23.3. The van der Waals surface area contributed by atoms with Crippen molar-refractivity contribution in [3.63, 3.8) is 0 Å². The first-order valence-corrected chi connectivity index (χ1v) is 21.0. The van der Waals surface area contributed by atoms with Crippen LogP contribution in [0.4, 0.5) is 0 Å². The molecule has 1 aliphatic rings. The molecule has 0 radical (unpaired) electrons. The second-order valence-corrected chi connectivity index (χ2v) is 29.5. The lowest BCUT2D eigenvalue weighted by atomic mass is 10.5. The van der Waals surface area contributed by atoms with Gasteiger partial charge in [0.2, 0.25) is 0 Å². The Morgan fingerprint density at radius 2 is 0.667 bits per heavy atom. The molecule has 6 nitrogen and oxygen atoms in total. The monoisotopic (exact) mass is 528 g/mol. The van der Waals surface area contributed by atoms with Crippen molar-refractivity contribution in [2.45, 2.75) is 116 Å². The van der Waals surface area contributed by atoms with Crippen LogP contribution < -0.4 is 0 Å². The van der Waals surface area contributed by atoms with Gasteiger partial charge in [0.05, 0.1) is 0 Å². The molecule has 0 aromatic rings. The van der Waals surface area contributed by atoms with Crippen molar-refractivity contribution in [2.24, 2.45) is 0 Å². The third kappa shape index (κ3) is 6.14. The summed E-state index contributed by atoms with van der Waals surface area (Å²) < 4.78 is 40.2. The SMILES string of the molecule is CC(C)[Si]1(C(C)C)O[SiH2]O[SiH2]O[SiH2]O[Si](C(C)C)(C(C)C)O[Si](C(C)C)(C(C)C)O1. The maximum absolute atomic E-state index is 7.43. The van der Waals surface area contributed by atoms with Crippen LogP contribution in [0.5, 0.6) is 0 Å². The highest BCUT2D eigenvalue weighted by molar-refractivity contribution is 6.91. The van der Waals surface area contributed by atoms with Gasteiger partial charge in [0, 0.05) is 0 Å². The van der Waals surface area contributed by atoms with Gasteiger partial charge in [-0.3, -0.25) is 0 Å². The number of rotatable bonds is 6. The molecule has 0 N–H and O–H groups in total. The fourth-order valence-corrected chi connectivity index (χ4v) is 33.2. The second-order valence-electron chi connectivity index (χ2n) is 10.3. The summed E-state index contributed by atoms with van der Waals surface area (Å²) in [7, 11) is -11.2. The van der Waals surface area contributed by atoms with E-state index in [1.807, 2.05) is 0 Å². The molecule has 0 saturated carbocycles. The highest BCUT2D eigenvalue weighted by Gasteiger charge is 2.60. The van der Waals surface area contributed by atoms with E-state index in [0.717, 1.165) is 0 Å². The summed E-state index contributed by atoms with van der Waals surface area (Å²) in [6.45, 7) is 27.1. The summed E-state index contributed by atoms with van der Waals surface area (Å²) in [6.07, 6.45) is 0. The molecule has 0 spiro atoms. The number of hydrogen-bond acceptors (Lipinski definition) is 6. The normalized spacial score (nSPS) is 25.8. The minimum absolute atomic E-state index is 0.293. The number of hydrogen-bond donors (Lipinski definition) is 0. The van der Waals surface area contributed by atoms with Crippen molar-refractivity contribution >= 4 is 55.7 Å². The maximum atomic E-state index is 7.43. The summed E-state index contributed by atoms with van der Waals surface area (Å²) in [6, 6.07) is 0. The van der Waals surface area contributed by atoms with Crippen LogP contribution in [0.25, 0.3) is 0 Å². The molecule has 0 bridgehead atoms. The van der Waals surface area contributed by atoms with E-state index in [4.69, 9.17) is 24.7 Å². The largest absolute Gasteiger partial charge is 0.425 e. The van der Waals surface area contributed by atoms with Crippen LogP contribution in [0.2, 0.25) is 33.2 Å². The van der Waals surface area contributed by atoms with Crippen molar-refractivity contribution in [1.82, 2.24) is 0 Å². The minimum atomic E-state index is -2.72. The lowest BCUT2D eigenvalue weighted by molar-refractivity contribution is 0.226. The van der Waals surface area contributed by atoms with E-state index in [1.165, 1.54) is 0 Å². The summed E-state index contributed by atoms with van der Waals surface area (Å²) >= 11 is 0. The molecule has 180 valence electrons. The molecule has 1 saturated heterocycles. The smallest absolute Gasteiger partial charge is 0.325 e. The van der Waals surface area contributed by atoms with Gasteiger partial charge in [0.25, 0.3) is 30.0 Å². The van der Waals surface area contributed by atoms with E-state index < -0.39 is 55.7 Å². The van der Waals surface area contributed by atoms with Crippen molar-refractivity contribution < 1.29 is 24.7 Å². The van der Waals surface area contributed by atoms with E-state index in [0.29, 0.717) is 33.2 Å². The first kappa shape index (κ1) is 29.1. The van der Waals surface area contributed by atoms with Gasteiger partial charge in [0.1, 0.15) is 0 Å². The molecular formula is C18H48O6Si6. The average molecular weight is 529 g/mol. The molecule has 0 aliphatic carbocycles. The lowest BCUT2D eigenvalue weighted by Gasteiger charge is -2.53. The van der Waals surface area contributed by atoms with Crippen LogP contribution >= 0.6 is 0 Å². The van der Waals surface area contributed by atoms with Crippen molar-refractivity contribution in [2.75, 3.05) is 0 Å². The standard InChI is InChI=1S/C18H48O6Si6/c1-13(2)28(14(3)4)21-26-19-25-20-27-22-29(15(5)6,16(7)8)24-30(23-28,17(9)10)18(11)12/h13-18H,25-27H2,1-12H3. The molecule has 1 heterocycles. The molecule has 0 aromatic heterocycles. The van der Waals surface area contributed by atoms with Crippen LogP contribution in [0, 0.1) is 0 Å². The summed E-state index contributed by atoms with van der Waals surface area (Å²) in [5.74, 6) is 0. The molecular weight excluding hydrogens is 481 g/mol. The fourth-order valence-electron chi connectivity index (χ4n) is 4.58. The second kappa shape index (κ2) is 12.0. The zero-order valence-electron chi connectivity index (χ0n) is 21.5. The Hall–Kier alpha value is 1.06. The molecule has 0 amide bonds. The maximum Gasteiger partial charge on any atom is 0.325 e. The van der Waals surface area contributed by atoms with E-state index in [2.05, 4.69) is 83.1 Å². The summed E-state index contributed by atoms with van der Waals surface area (Å²) in [4.78, 5) is 0. The quantitative estimate of drug-likeness (QED) is 0.488. The third-order valence-corrected chi connectivity index (χ3v) is 28.3. The Labute approximate surface area is 196 Å². The van der Waals surface area contributed by atoms with E-state index in [-0.39, 0.29) is 0 Å². The van der Waals surface area contributed by atoms with Crippen molar-refractivity contribution in [3.8, 4) is 0 Å². The predicted molar refractivity (Wildman–Crippen MR) is 140 cm³/mol. The van der Waals surface area contributed by atoms with Crippen LogP contribution in [0.1, 0.15) is 83.1 Å². The third-order valence-electron chi connectivity index (χ3n) is 6.37. The predicted octanol–water partition coefficient (Wildman–Crippen LogP) is 3.88. The molecule has 0 aromatic carbocycles. The minimum Gasteiger partial charge on any atom is -0.425 e. The van der Waals surface area contributed by atoms with Crippen LogP contribution in [-0.4, -0.2) is 55.7 Å². The van der Waals surface area contributed by atoms with Gasteiger partial charge in [-0.2, -0.15) is 0 Å². The zero-order valence-corrected chi connectivity index (χ0v) is 28.8. The van der Waals surface area contributed by atoms with E-state index in [1.54, 1.807) is 0 Å². The van der Waals surface area contributed by atoms with Gasteiger partial charge in [-0.25, -0.2) is 0 Å². The van der Waals surface area contributed by atoms with Gasteiger partial charge in [-0.1, -0.05) is 83.1 Å². The van der Waals surface area contributed by atoms with Crippen molar-refractivity contribution in [3.05, 3.63) is 0 Å². The molecule has 30 heavy (non-hydrogen) atoms. The van der Waals surface area contributed by atoms with Gasteiger partial charge >= 0.3 is 25.7 Å². The first-order chi connectivity index (χ1) is 13.8. The van der Waals surface area contributed by atoms with Gasteiger partial charge < -0.3 is 24.7 Å². The average Bonchev–Trinajstić information content (AvgIpc) is 2.60. The Morgan fingerprint density at radius 3 is 0.900 bits per heavy atom. The highest BCUT2D eigenvalue weighted by atomic mass is 28.5. The summed E-state index contributed by atoms with van der Waals surface area (Å²) in [5.41, 5.74) is 1.85. The Bertz CT molecular complexity index is 457. The molecule has 0 atom stereocenters. The van der Waals surface area contributed by atoms with Crippen molar-refractivity contribution in [1.29, 1.82) is 0 Å². The Kier molecular flexibility index (Phi) is 11.6. The van der Waals surface area contributed by atoms with Gasteiger partial charge in [-0.15, -0.1) is 0 Å². The molecule has 0 unspecified atom stereocenters. The molecule has 12 heteroatoms. The van der Waals surface area contributed by atoms with E-state index >= 15 is 0 Å². The molecule has 1 fully saturated rings. The van der Waals surface area contributed by atoms with Crippen LogP contribution in [0.15, 0.2) is 0 Å². The topological polar surface area (TPSA) is 55.4 Å². The molecule has 1 rings (SSSR count). The van der Waals surface area contributed by atoms with Crippen LogP contribution in [0.3, 0.4) is 0 Å². The highest BCUT2D eigenvalue weighted by Crippen LogP contribution is 2.48. The fraction of sp³-hybridized carbons (Fsp3) is 1.00. The lowest BCUT2D eigenvalue weighted by Crippen LogP contribution is -2.67. The van der Waals surface area contributed by atoms with Crippen LogP contribution in [-0.2, 0) is 24.7 Å². The van der Waals surface area contributed by atoms with E-state index in [9.17, 15) is 0 Å².